The minimum Gasteiger partial charge on any atom is -0.442 e. The van der Waals surface area contributed by atoms with E-state index in [0.29, 0.717) is 6.42 Å². The molecule has 3 N–H and O–H groups in total. The first-order chi connectivity index (χ1) is 10.7. The Kier molecular flexibility index (Phi) is 4.10. The summed E-state index contributed by atoms with van der Waals surface area (Å²) in [6.07, 6.45) is 2.43. The Morgan fingerprint density at radius 3 is 2.59 bits per heavy atom. The lowest BCUT2D eigenvalue weighted by Gasteiger charge is -2.16. The SMILES string of the molecule is NC(=O)OC(CCc1c[nH]c2ccccc12)c1ccccc1. The summed E-state index contributed by atoms with van der Waals surface area (Å²) in [5.41, 5.74) is 8.49. The minimum absolute atomic E-state index is 0.327. The molecule has 0 bridgehead atoms. The Balaban J connectivity index is 1.78. The molecule has 0 saturated heterocycles. The van der Waals surface area contributed by atoms with Gasteiger partial charge >= 0.3 is 6.09 Å². The van der Waals surface area contributed by atoms with Crippen molar-refractivity contribution < 1.29 is 9.53 Å². The maximum Gasteiger partial charge on any atom is 0.405 e. The van der Waals surface area contributed by atoms with Gasteiger partial charge in [0.05, 0.1) is 0 Å². The molecule has 3 rings (SSSR count). The Labute approximate surface area is 128 Å². The molecule has 1 atom stereocenters. The maximum atomic E-state index is 11.2. The normalized spacial score (nSPS) is 12.2. The summed E-state index contributed by atoms with van der Waals surface area (Å²) in [4.78, 5) is 14.4. The predicted octanol–water partition coefficient (Wildman–Crippen LogP) is 3.94. The van der Waals surface area contributed by atoms with Gasteiger partial charge in [0.15, 0.2) is 0 Å². The number of hydrogen-bond donors (Lipinski definition) is 2. The number of nitrogens with two attached hydrogens (primary N) is 1. The van der Waals surface area contributed by atoms with E-state index >= 15 is 0 Å². The number of para-hydroxylation sites is 1. The first-order valence-corrected chi connectivity index (χ1v) is 7.30. The molecule has 3 aromatic rings. The van der Waals surface area contributed by atoms with Crippen molar-refractivity contribution in [2.75, 3.05) is 0 Å². The summed E-state index contributed by atoms with van der Waals surface area (Å²) >= 11 is 0. The third kappa shape index (κ3) is 3.11. The molecule has 0 fully saturated rings. The Morgan fingerprint density at radius 2 is 1.82 bits per heavy atom. The zero-order chi connectivity index (χ0) is 15.4. The number of aromatic amines is 1. The van der Waals surface area contributed by atoms with Gasteiger partial charge in [-0.25, -0.2) is 4.79 Å². The smallest absolute Gasteiger partial charge is 0.405 e. The van der Waals surface area contributed by atoms with Crippen LogP contribution in [0.25, 0.3) is 10.9 Å². The summed E-state index contributed by atoms with van der Waals surface area (Å²) in [6.45, 7) is 0. The topological polar surface area (TPSA) is 68.1 Å². The molecule has 1 unspecified atom stereocenters. The van der Waals surface area contributed by atoms with Crippen LogP contribution in [0.3, 0.4) is 0 Å². The lowest BCUT2D eigenvalue weighted by molar-refractivity contribution is 0.101. The Hall–Kier alpha value is -2.75. The van der Waals surface area contributed by atoms with Crippen molar-refractivity contribution in [2.24, 2.45) is 5.73 Å². The number of hydrogen-bond acceptors (Lipinski definition) is 2. The van der Waals surface area contributed by atoms with E-state index in [0.717, 1.165) is 17.5 Å². The molecule has 0 aliphatic carbocycles. The molecule has 0 aliphatic heterocycles. The minimum atomic E-state index is -0.743. The molecular formula is C18H18N2O2. The summed E-state index contributed by atoms with van der Waals surface area (Å²) in [5, 5.41) is 1.20. The second-order valence-corrected chi connectivity index (χ2v) is 5.23. The molecule has 2 aromatic carbocycles. The standard InChI is InChI=1S/C18H18N2O2/c19-18(21)22-17(13-6-2-1-3-7-13)11-10-14-12-20-16-9-5-4-8-15(14)16/h1-9,12,17,20H,10-11H2,(H2,19,21). The van der Waals surface area contributed by atoms with E-state index in [1.807, 2.05) is 54.7 Å². The van der Waals surface area contributed by atoms with Crippen molar-refractivity contribution in [3.05, 3.63) is 71.9 Å². The largest absolute Gasteiger partial charge is 0.442 e. The fourth-order valence-electron chi connectivity index (χ4n) is 2.73. The maximum absolute atomic E-state index is 11.2. The summed E-state index contributed by atoms with van der Waals surface area (Å²) in [6, 6.07) is 17.9. The van der Waals surface area contributed by atoms with E-state index in [-0.39, 0.29) is 6.10 Å². The number of ether oxygens (including phenoxy) is 1. The molecule has 112 valence electrons. The lowest BCUT2D eigenvalue weighted by atomic mass is 10.0. The number of amides is 1. The molecule has 4 heteroatoms. The van der Waals surface area contributed by atoms with Gasteiger partial charge in [0.25, 0.3) is 0 Å². The van der Waals surface area contributed by atoms with E-state index < -0.39 is 6.09 Å². The zero-order valence-electron chi connectivity index (χ0n) is 12.2. The fraction of sp³-hybridized carbons (Fsp3) is 0.167. The van der Waals surface area contributed by atoms with Gasteiger partial charge in [-0.05, 0) is 30.0 Å². The molecule has 0 radical (unpaired) electrons. The van der Waals surface area contributed by atoms with Crippen LogP contribution in [0.4, 0.5) is 4.79 Å². The number of benzene rings is 2. The van der Waals surface area contributed by atoms with Crippen LogP contribution in [-0.2, 0) is 11.2 Å². The highest BCUT2D eigenvalue weighted by molar-refractivity contribution is 5.83. The first kappa shape index (κ1) is 14.2. The van der Waals surface area contributed by atoms with Crippen molar-refractivity contribution >= 4 is 17.0 Å². The van der Waals surface area contributed by atoms with Crippen LogP contribution in [0.5, 0.6) is 0 Å². The number of aryl methyl sites for hydroxylation is 1. The van der Waals surface area contributed by atoms with E-state index in [2.05, 4.69) is 11.1 Å². The van der Waals surface area contributed by atoms with Gasteiger partial charge in [-0.15, -0.1) is 0 Å². The molecule has 0 spiro atoms. The van der Waals surface area contributed by atoms with Crippen LogP contribution >= 0.6 is 0 Å². The van der Waals surface area contributed by atoms with Crippen molar-refractivity contribution in [2.45, 2.75) is 18.9 Å². The zero-order valence-corrected chi connectivity index (χ0v) is 12.2. The molecule has 22 heavy (non-hydrogen) atoms. The van der Waals surface area contributed by atoms with Gasteiger partial charge in [-0.3, -0.25) is 0 Å². The quantitative estimate of drug-likeness (QED) is 0.748. The van der Waals surface area contributed by atoms with Crippen LogP contribution in [0.1, 0.15) is 23.7 Å². The molecule has 0 aliphatic rings. The molecular weight excluding hydrogens is 276 g/mol. The number of H-pyrrole nitrogens is 1. The summed E-state index contributed by atoms with van der Waals surface area (Å²) < 4.78 is 5.28. The van der Waals surface area contributed by atoms with Crippen LogP contribution in [0, 0.1) is 0 Å². The second kappa shape index (κ2) is 6.35. The highest BCUT2D eigenvalue weighted by Crippen LogP contribution is 2.26. The highest BCUT2D eigenvalue weighted by Gasteiger charge is 2.16. The average molecular weight is 294 g/mol. The molecule has 1 aromatic heterocycles. The van der Waals surface area contributed by atoms with Gasteiger partial charge in [0.1, 0.15) is 6.10 Å². The third-order valence-corrected chi connectivity index (χ3v) is 3.78. The van der Waals surface area contributed by atoms with Crippen molar-refractivity contribution in [3.63, 3.8) is 0 Å². The molecule has 1 heterocycles. The highest BCUT2D eigenvalue weighted by atomic mass is 16.6. The van der Waals surface area contributed by atoms with Crippen molar-refractivity contribution in [1.29, 1.82) is 0 Å². The molecule has 0 saturated carbocycles. The molecule has 1 amide bonds. The Bertz CT molecular complexity index is 765. The van der Waals surface area contributed by atoms with Crippen LogP contribution in [0.15, 0.2) is 60.8 Å². The molecule has 4 nitrogen and oxygen atoms in total. The van der Waals surface area contributed by atoms with E-state index in [1.54, 1.807) is 0 Å². The van der Waals surface area contributed by atoms with Crippen LogP contribution in [-0.4, -0.2) is 11.1 Å². The predicted molar refractivity (Wildman–Crippen MR) is 86.5 cm³/mol. The van der Waals surface area contributed by atoms with Crippen molar-refractivity contribution in [3.8, 4) is 0 Å². The number of carbonyl (C=O) groups excluding carboxylic acids is 1. The van der Waals surface area contributed by atoms with E-state index in [9.17, 15) is 4.79 Å². The third-order valence-electron chi connectivity index (χ3n) is 3.78. The van der Waals surface area contributed by atoms with Gasteiger partial charge in [-0.1, -0.05) is 48.5 Å². The van der Waals surface area contributed by atoms with Crippen LogP contribution < -0.4 is 5.73 Å². The number of nitrogens with one attached hydrogen (secondary N) is 1. The number of rotatable bonds is 5. The summed E-state index contributed by atoms with van der Waals surface area (Å²) in [7, 11) is 0. The number of carbonyl (C=O) groups is 1. The number of fused-ring (bicyclic) bond motifs is 1. The van der Waals surface area contributed by atoms with Gasteiger partial charge < -0.3 is 15.5 Å². The van der Waals surface area contributed by atoms with E-state index in [1.165, 1.54) is 10.9 Å². The van der Waals surface area contributed by atoms with Crippen LogP contribution in [0.2, 0.25) is 0 Å². The van der Waals surface area contributed by atoms with E-state index in [4.69, 9.17) is 10.5 Å². The van der Waals surface area contributed by atoms with Gasteiger partial charge in [-0.2, -0.15) is 0 Å². The second-order valence-electron chi connectivity index (χ2n) is 5.23. The van der Waals surface area contributed by atoms with Gasteiger partial charge in [0, 0.05) is 17.1 Å². The Morgan fingerprint density at radius 1 is 1.09 bits per heavy atom. The summed E-state index contributed by atoms with van der Waals surface area (Å²) in [5.74, 6) is 0. The number of aromatic nitrogens is 1. The van der Waals surface area contributed by atoms with Crippen molar-refractivity contribution in [1.82, 2.24) is 4.98 Å². The average Bonchev–Trinajstić information content (AvgIpc) is 2.95. The van der Waals surface area contributed by atoms with Gasteiger partial charge in [0.2, 0.25) is 0 Å². The lowest BCUT2D eigenvalue weighted by Crippen LogP contribution is -2.18. The monoisotopic (exact) mass is 294 g/mol. The first-order valence-electron chi connectivity index (χ1n) is 7.30. The fourth-order valence-corrected chi connectivity index (χ4v) is 2.73. The number of primary amides is 1.